The van der Waals surface area contributed by atoms with Gasteiger partial charge in [0.25, 0.3) is 5.76 Å². The number of nitrogens with one attached hydrogen (secondary N) is 1. The first-order chi connectivity index (χ1) is 10.5. The van der Waals surface area contributed by atoms with E-state index in [-0.39, 0.29) is 11.8 Å². The van der Waals surface area contributed by atoms with Crippen molar-refractivity contribution < 1.29 is 23.5 Å². The smallest absolute Gasteiger partial charge is 0.306 e. The monoisotopic (exact) mass is 329 g/mol. The zero-order valence-corrected chi connectivity index (χ0v) is 12.6. The van der Waals surface area contributed by atoms with E-state index < -0.39 is 17.6 Å². The van der Waals surface area contributed by atoms with E-state index in [9.17, 15) is 18.4 Å². The van der Waals surface area contributed by atoms with Crippen LogP contribution >= 0.6 is 11.8 Å². The first-order valence-electron chi connectivity index (χ1n) is 7.04. The fourth-order valence-corrected chi connectivity index (χ4v) is 3.20. The number of rotatable bonds is 5. The third kappa shape index (κ3) is 4.69. The predicted molar refractivity (Wildman–Crippen MR) is 80.0 cm³/mol. The maximum Gasteiger partial charge on any atom is 0.306 e. The van der Waals surface area contributed by atoms with E-state index in [4.69, 9.17) is 5.11 Å². The highest BCUT2D eigenvalue weighted by molar-refractivity contribution is 7.99. The highest BCUT2D eigenvalue weighted by atomic mass is 32.2. The standard InChI is InChI=1S/C15H17F2NO3S/c16-15(17)22-12-6-2-5-11(8-12)18-13(19)9-3-1-4-10(7-9)14(20)21/h2,5-6,8-10,15H,1,3-4,7H2,(H,18,19)(H,20,21). The summed E-state index contributed by atoms with van der Waals surface area (Å²) in [5, 5.41) is 11.7. The number of hydrogen-bond acceptors (Lipinski definition) is 3. The number of aliphatic carboxylic acids is 1. The van der Waals surface area contributed by atoms with E-state index in [1.165, 1.54) is 6.07 Å². The van der Waals surface area contributed by atoms with Gasteiger partial charge in [0, 0.05) is 16.5 Å². The molecule has 2 N–H and O–H groups in total. The van der Waals surface area contributed by atoms with Gasteiger partial charge in [-0.1, -0.05) is 24.2 Å². The number of alkyl halides is 2. The molecule has 1 aromatic carbocycles. The van der Waals surface area contributed by atoms with E-state index in [1.54, 1.807) is 18.2 Å². The second-order valence-corrected chi connectivity index (χ2v) is 6.36. The Labute approximate surface area is 131 Å². The van der Waals surface area contributed by atoms with Crippen LogP contribution in [-0.4, -0.2) is 22.7 Å². The average Bonchev–Trinajstić information content (AvgIpc) is 2.47. The zero-order chi connectivity index (χ0) is 16.1. The summed E-state index contributed by atoms with van der Waals surface area (Å²) in [7, 11) is 0. The predicted octanol–water partition coefficient (Wildman–Crippen LogP) is 3.83. The molecule has 0 heterocycles. The Bertz CT molecular complexity index is 553. The van der Waals surface area contributed by atoms with Gasteiger partial charge in [0.1, 0.15) is 0 Å². The van der Waals surface area contributed by atoms with Crippen LogP contribution in [0.5, 0.6) is 0 Å². The van der Waals surface area contributed by atoms with Crippen LogP contribution in [0.2, 0.25) is 0 Å². The molecule has 120 valence electrons. The summed E-state index contributed by atoms with van der Waals surface area (Å²) in [6.07, 6.45) is 2.28. The number of anilines is 1. The molecule has 2 rings (SSSR count). The molecule has 1 saturated carbocycles. The number of halogens is 2. The van der Waals surface area contributed by atoms with Gasteiger partial charge in [-0.2, -0.15) is 8.78 Å². The van der Waals surface area contributed by atoms with E-state index >= 15 is 0 Å². The van der Waals surface area contributed by atoms with Crippen LogP contribution in [0, 0.1) is 11.8 Å². The lowest BCUT2D eigenvalue weighted by Crippen LogP contribution is -2.30. The summed E-state index contributed by atoms with van der Waals surface area (Å²) in [5.74, 6) is -4.45. The van der Waals surface area contributed by atoms with Gasteiger partial charge in [-0.25, -0.2) is 0 Å². The number of thioether (sulfide) groups is 1. The number of carboxylic acid groups (broad SMARTS) is 1. The van der Waals surface area contributed by atoms with Gasteiger partial charge in [0.05, 0.1) is 5.92 Å². The second-order valence-electron chi connectivity index (χ2n) is 5.29. The quantitative estimate of drug-likeness (QED) is 0.806. The van der Waals surface area contributed by atoms with Crippen LogP contribution in [0.1, 0.15) is 25.7 Å². The minimum atomic E-state index is -2.51. The summed E-state index contributed by atoms with van der Waals surface area (Å²) < 4.78 is 24.7. The summed E-state index contributed by atoms with van der Waals surface area (Å²) in [5.41, 5.74) is 0.452. The summed E-state index contributed by atoms with van der Waals surface area (Å²) >= 11 is 0.417. The first kappa shape index (κ1) is 16.7. The van der Waals surface area contributed by atoms with Gasteiger partial charge in [-0.05, 0) is 37.5 Å². The van der Waals surface area contributed by atoms with Gasteiger partial charge < -0.3 is 10.4 Å². The van der Waals surface area contributed by atoms with Crippen molar-refractivity contribution >= 4 is 29.3 Å². The normalized spacial score (nSPS) is 21.6. The van der Waals surface area contributed by atoms with Crippen molar-refractivity contribution in [3.63, 3.8) is 0 Å². The SMILES string of the molecule is O=C(O)C1CCCC(C(=O)Nc2cccc(SC(F)F)c2)C1. The fourth-order valence-electron chi connectivity index (χ4n) is 2.65. The molecule has 0 bridgehead atoms. The molecule has 0 radical (unpaired) electrons. The molecule has 0 spiro atoms. The van der Waals surface area contributed by atoms with Gasteiger partial charge in [0.15, 0.2) is 0 Å². The minimum absolute atomic E-state index is 0.245. The van der Waals surface area contributed by atoms with Crippen molar-refractivity contribution in [2.45, 2.75) is 36.3 Å². The van der Waals surface area contributed by atoms with E-state index in [0.29, 0.717) is 48.0 Å². The Kier molecular flexibility index (Phi) is 5.76. The van der Waals surface area contributed by atoms with Crippen LogP contribution in [0.25, 0.3) is 0 Å². The maximum atomic E-state index is 12.3. The molecule has 1 aliphatic rings. The van der Waals surface area contributed by atoms with Crippen molar-refractivity contribution in [3.8, 4) is 0 Å². The molecule has 2 atom stereocenters. The molecule has 0 aromatic heterocycles. The van der Waals surface area contributed by atoms with Crippen molar-refractivity contribution in [2.75, 3.05) is 5.32 Å². The molecule has 4 nitrogen and oxygen atoms in total. The Balaban J connectivity index is 1.98. The van der Waals surface area contributed by atoms with Gasteiger partial charge >= 0.3 is 5.97 Å². The highest BCUT2D eigenvalue weighted by Gasteiger charge is 2.31. The van der Waals surface area contributed by atoms with Crippen LogP contribution in [-0.2, 0) is 9.59 Å². The minimum Gasteiger partial charge on any atom is -0.481 e. The van der Waals surface area contributed by atoms with Gasteiger partial charge in [-0.3, -0.25) is 9.59 Å². The highest BCUT2D eigenvalue weighted by Crippen LogP contribution is 2.31. The molecule has 1 aromatic rings. The van der Waals surface area contributed by atoms with Crippen molar-refractivity contribution in [3.05, 3.63) is 24.3 Å². The van der Waals surface area contributed by atoms with Gasteiger partial charge in [-0.15, -0.1) is 0 Å². The molecule has 7 heteroatoms. The van der Waals surface area contributed by atoms with E-state index in [1.807, 2.05) is 0 Å². The number of amides is 1. The third-order valence-corrected chi connectivity index (χ3v) is 4.43. The lowest BCUT2D eigenvalue weighted by Gasteiger charge is -2.25. The van der Waals surface area contributed by atoms with Crippen molar-refractivity contribution in [1.29, 1.82) is 0 Å². The lowest BCUT2D eigenvalue weighted by atomic mass is 9.81. The Hall–Kier alpha value is -1.63. The summed E-state index contributed by atoms with van der Waals surface area (Å²) in [6, 6.07) is 6.27. The molecule has 0 saturated heterocycles. The van der Waals surface area contributed by atoms with Crippen LogP contribution in [0.3, 0.4) is 0 Å². The lowest BCUT2D eigenvalue weighted by molar-refractivity contribution is -0.143. The number of hydrogen-bond donors (Lipinski definition) is 2. The van der Waals surface area contributed by atoms with Crippen LogP contribution in [0.4, 0.5) is 14.5 Å². The second kappa shape index (κ2) is 7.58. The molecular weight excluding hydrogens is 312 g/mol. The number of benzene rings is 1. The Morgan fingerprint density at radius 1 is 1.27 bits per heavy atom. The maximum absolute atomic E-state index is 12.3. The zero-order valence-electron chi connectivity index (χ0n) is 11.8. The van der Waals surface area contributed by atoms with E-state index in [2.05, 4.69) is 5.32 Å². The number of carbonyl (C=O) groups excluding carboxylic acids is 1. The first-order valence-corrected chi connectivity index (χ1v) is 7.92. The fraction of sp³-hybridized carbons (Fsp3) is 0.467. The third-order valence-electron chi connectivity index (χ3n) is 3.72. The summed E-state index contributed by atoms with van der Waals surface area (Å²) in [4.78, 5) is 23.6. The molecular formula is C15H17F2NO3S. The molecule has 2 unspecified atom stereocenters. The Morgan fingerprint density at radius 3 is 2.68 bits per heavy atom. The van der Waals surface area contributed by atoms with Crippen LogP contribution < -0.4 is 5.32 Å². The average molecular weight is 329 g/mol. The topological polar surface area (TPSA) is 66.4 Å². The molecule has 1 fully saturated rings. The summed E-state index contributed by atoms with van der Waals surface area (Å²) in [6.45, 7) is 0. The van der Waals surface area contributed by atoms with Crippen molar-refractivity contribution in [1.82, 2.24) is 0 Å². The molecule has 1 amide bonds. The Morgan fingerprint density at radius 2 is 2.00 bits per heavy atom. The molecule has 0 aliphatic heterocycles. The van der Waals surface area contributed by atoms with Gasteiger partial charge in [0.2, 0.25) is 5.91 Å². The number of carbonyl (C=O) groups is 2. The number of carboxylic acids is 1. The molecule has 22 heavy (non-hydrogen) atoms. The largest absolute Gasteiger partial charge is 0.481 e. The van der Waals surface area contributed by atoms with E-state index in [0.717, 1.165) is 0 Å². The molecule has 1 aliphatic carbocycles. The van der Waals surface area contributed by atoms with Crippen molar-refractivity contribution in [2.24, 2.45) is 11.8 Å². The van der Waals surface area contributed by atoms with Crippen LogP contribution in [0.15, 0.2) is 29.2 Å².